The molecule has 1 aromatic rings. The van der Waals surface area contributed by atoms with Gasteiger partial charge in [0.05, 0.1) is 17.0 Å². The average molecular weight is 348 g/mol. The first-order valence-electron chi connectivity index (χ1n) is 3.64. The molecule has 8 heteroatoms. The van der Waals surface area contributed by atoms with E-state index in [1.54, 1.807) is 22.6 Å². The molecule has 1 heterocycles. The standard InChI is InChI=1S/C7H4ClF2IN2O2/c8-1-3-5(11)4(6(9)10)2-12-7(3)13(14)15/h2,6H,1H2. The summed E-state index contributed by atoms with van der Waals surface area (Å²) in [7, 11) is 0. The highest BCUT2D eigenvalue weighted by Crippen LogP contribution is 2.31. The number of hydrogen-bond donors (Lipinski definition) is 0. The number of halogens is 4. The number of rotatable bonds is 3. The SMILES string of the molecule is O=[N+]([O-])c1ncc(C(F)F)c(I)c1CCl. The molecule has 1 aromatic heterocycles. The maximum absolute atomic E-state index is 12.4. The van der Waals surface area contributed by atoms with Crippen LogP contribution in [0.15, 0.2) is 6.20 Å². The third-order valence-electron chi connectivity index (χ3n) is 1.66. The van der Waals surface area contributed by atoms with E-state index in [1.807, 2.05) is 0 Å². The van der Waals surface area contributed by atoms with Crippen molar-refractivity contribution in [1.82, 2.24) is 4.98 Å². The van der Waals surface area contributed by atoms with Crippen LogP contribution in [0.4, 0.5) is 14.6 Å². The fourth-order valence-electron chi connectivity index (χ4n) is 0.966. The van der Waals surface area contributed by atoms with Gasteiger partial charge in [-0.25, -0.2) is 8.78 Å². The molecule has 15 heavy (non-hydrogen) atoms. The zero-order valence-corrected chi connectivity index (χ0v) is 10.00. The summed E-state index contributed by atoms with van der Waals surface area (Å²) in [6.07, 6.45) is -1.91. The highest BCUT2D eigenvalue weighted by Gasteiger charge is 2.24. The summed E-state index contributed by atoms with van der Waals surface area (Å²) in [4.78, 5) is 13.1. The number of pyridine rings is 1. The van der Waals surface area contributed by atoms with Gasteiger partial charge in [-0.1, -0.05) is 0 Å². The summed E-state index contributed by atoms with van der Waals surface area (Å²) in [6, 6.07) is 0. The molecule has 0 aliphatic carbocycles. The van der Waals surface area contributed by atoms with E-state index in [9.17, 15) is 18.9 Å². The summed E-state index contributed by atoms with van der Waals surface area (Å²) in [5, 5.41) is 10.5. The minimum absolute atomic E-state index is 0.0278. The summed E-state index contributed by atoms with van der Waals surface area (Å²) in [5.41, 5.74) is -0.308. The predicted octanol–water partition coefficient (Wildman–Crippen LogP) is 3.27. The highest BCUT2D eigenvalue weighted by molar-refractivity contribution is 14.1. The minimum Gasteiger partial charge on any atom is -0.358 e. The Morgan fingerprint density at radius 1 is 1.67 bits per heavy atom. The average Bonchev–Trinajstić information content (AvgIpc) is 2.16. The molecule has 0 radical (unpaired) electrons. The molecule has 0 atom stereocenters. The number of nitro groups is 1. The molecule has 0 amide bonds. The van der Waals surface area contributed by atoms with Crippen molar-refractivity contribution in [2.24, 2.45) is 0 Å². The van der Waals surface area contributed by atoms with Gasteiger partial charge in [0, 0.05) is 3.57 Å². The van der Waals surface area contributed by atoms with Crippen molar-refractivity contribution >= 4 is 40.0 Å². The van der Waals surface area contributed by atoms with Crippen molar-refractivity contribution in [1.29, 1.82) is 0 Å². The van der Waals surface area contributed by atoms with E-state index in [2.05, 4.69) is 4.98 Å². The molecule has 0 aromatic carbocycles. The van der Waals surface area contributed by atoms with Gasteiger partial charge in [0.15, 0.2) is 0 Å². The first kappa shape index (κ1) is 12.5. The molecular formula is C7H4ClF2IN2O2. The third kappa shape index (κ3) is 2.51. The molecule has 0 aliphatic rings. The molecule has 0 saturated carbocycles. The lowest BCUT2D eigenvalue weighted by molar-refractivity contribution is -0.390. The molecule has 0 aliphatic heterocycles. The van der Waals surface area contributed by atoms with Crippen molar-refractivity contribution in [2.45, 2.75) is 12.3 Å². The Kier molecular flexibility index (Phi) is 4.14. The van der Waals surface area contributed by atoms with E-state index < -0.39 is 17.2 Å². The van der Waals surface area contributed by atoms with Crippen molar-refractivity contribution in [2.75, 3.05) is 0 Å². The Morgan fingerprint density at radius 2 is 2.27 bits per heavy atom. The zero-order valence-electron chi connectivity index (χ0n) is 7.08. The van der Waals surface area contributed by atoms with Crippen LogP contribution in [0.5, 0.6) is 0 Å². The quantitative estimate of drug-likeness (QED) is 0.365. The molecule has 0 saturated heterocycles. The van der Waals surface area contributed by atoms with E-state index >= 15 is 0 Å². The van der Waals surface area contributed by atoms with E-state index in [-0.39, 0.29) is 20.6 Å². The Hall–Kier alpha value is -0.570. The van der Waals surface area contributed by atoms with Crippen LogP contribution in [0.1, 0.15) is 17.6 Å². The number of alkyl halides is 3. The summed E-state index contributed by atoms with van der Waals surface area (Å²) in [6.45, 7) is 0. The van der Waals surface area contributed by atoms with E-state index in [4.69, 9.17) is 11.6 Å². The van der Waals surface area contributed by atoms with Crippen LogP contribution in [0.2, 0.25) is 0 Å². The van der Waals surface area contributed by atoms with Gasteiger partial charge in [0.2, 0.25) is 0 Å². The van der Waals surface area contributed by atoms with Crippen LogP contribution in [-0.4, -0.2) is 9.91 Å². The largest absolute Gasteiger partial charge is 0.368 e. The van der Waals surface area contributed by atoms with Gasteiger partial charge in [-0.2, -0.15) is 0 Å². The second-order valence-electron chi connectivity index (χ2n) is 2.52. The molecule has 0 N–H and O–H groups in total. The lowest BCUT2D eigenvalue weighted by atomic mass is 10.2. The molecular weight excluding hydrogens is 344 g/mol. The monoisotopic (exact) mass is 348 g/mol. The Morgan fingerprint density at radius 3 is 2.67 bits per heavy atom. The van der Waals surface area contributed by atoms with Gasteiger partial charge in [-0.15, -0.1) is 11.6 Å². The maximum atomic E-state index is 12.4. The Bertz CT molecular complexity index is 403. The molecule has 0 unspecified atom stereocenters. The van der Waals surface area contributed by atoms with Crippen LogP contribution in [0.25, 0.3) is 0 Å². The molecule has 0 fully saturated rings. The van der Waals surface area contributed by atoms with Crippen molar-refractivity contribution in [3.63, 3.8) is 0 Å². The highest BCUT2D eigenvalue weighted by atomic mass is 127. The fourth-order valence-corrected chi connectivity index (χ4v) is 2.25. The van der Waals surface area contributed by atoms with Crippen LogP contribution < -0.4 is 0 Å². The first-order chi connectivity index (χ1) is 6.99. The lowest BCUT2D eigenvalue weighted by Gasteiger charge is -2.05. The summed E-state index contributed by atoms with van der Waals surface area (Å²) in [5.74, 6) is -0.693. The Balaban J connectivity index is 3.39. The van der Waals surface area contributed by atoms with Gasteiger partial charge in [0.25, 0.3) is 6.43 Å². The van der Waals surface area contributed by atoms with Gasteiger partial charge < -0.3 is 10.1 Å². The van der Waals surface area contributed by atoms with Crippen LogP contribution in [0, 0.1) is 13.7 Å². The zero-order chi connectivity index (χ0) is 11.6. The van der Waals surface area contributed by atoms with Crippen LogP contribution in [0.3, 0.4) is 0 Å². The minimum atomic E-state index is -2.72. The van der Waals surface area contributed by atoms with Gasteiger partial charge in [-0.3, -0.25) is 0 Å². The molecule has 4 nitrogen and oxygen atoms in total. The van der Waals surface area contributed by atoms with Crippen molar-refractivity contribution < 1.29 is 13.7 Å². The maximum Gasteiger partial charge on any atom is 0.368 e. The number of nitrogens with zero attached hydrogens (tertiary/aromatic N) is 2. The van der Waals surface area contributed by atoms with Gasteiger partial charge >= 0.3 is 5.82 Å². The number of aromatic nitrogens is 1. The first-order valence-corrected chi connectivity index (χ1v) is 5.26. The molecule has 0 bridgehead atoms. The Labute approximate surface area is 102 Å². The van der Waals surface area contributed by atoms with E-state index in [1.165, 1.54) is 0 Å². The van der Waals surface area contributed by atoms with Crippen LogP contribution in [-0.2, 0) is 5.88 Å². The summed E-state index contributed by atoms with van der Waals surface area (Å²) < 4.78 is 24.9. The molecule has 1 rings (SSSR count). The van der Waals surface area contributed by atoms with Crippen molar-refractivity contribution in [3.8, 4) is 0 Å². The van der Waals surface area contributed by atoms with Crippen molar-refractivity contribution in [3.05, 3.63) is 31.0 Å². The predicted molar refractivity (Wildman–Crippen MR) is 58.1 cm³/mol. The smallest absolute Gasteiger partial charge is 0.358 e. The van der Waals surface area contributed by atoms with Crippen LogP contribution >= 0.6 is 34.2 Å². The second-order valence-corrected chi connectivity index (χ2v) is 3.87. The second kappa shape index (κ2) is 4.97. The van der Waals surface area contributed by atoms with E-state index in [0.717, 1.165) is 6.20 Å². The van der Waals surface area contributed by atoms with Gasteiger partial charge in [0.1, 0.15) is 6.20 Å². The number of hydrogen-bond acceptors (Lipinski definition) is 3. The van der Waals surface area contributed by atoms with E-state index in [0.29, 0.717) is 0 Å². The lowest BCUT2D eigenvalue weighted by Crippen LogP contribution is -2.03. The van der Waals surface area contributed by atoms with Gasteiger partial charge in [-0.05, 0) is 32.5 Å². The normalized spacial score (nSPS) is 10.7. The third-order valence-corrected chi connectivity index (χ3v) is 3.20. The summed E-state index contributed by atoms with van der Waals surface area (Å²) >= 11 is 7.07. The molecule has 0 spiro atoms. The topological polar surface area (TPSA) is 56.0 Å². The molecule has 82 valence electrons. The fraction of sp³-hybridized carbons (Fsp3) is 0.286.